The summed E-state index contributed by atoms with van der Waals surface area (Å²) in [6.07, 6.45) is -0.990. The summed E-state index contributed by atoms with van der Waals surface area (Å²) in [5.41, 5.74) is 3.19. The van der Waals surface area contributed by atoms with E-state index >= 15 is 0 Å². The summed E-state index contributed by atoms with van der Waals surface area (Å²) in [4.78, 5) is 46.2. The molecule has 5 N–H and O–H groups in total. The number of benzene rings is 2. The zero-order chi connectivity index (χ0) is 50.6. The van der Waals surface area contributed by atoms with E-state index in [2.05, 4.69) is 34.6 Å². The van der Waals surface area contributed by atoms with Crippen LogP contribution in [0.15, 0.2) is 120 Å². The number of halogens is 9. The number of nitrogens with one attached hydrogen (secondary N) is 3. The summed E-state index contributed by atoms with van der Waals surface area (Å²) < 4.78 is 127. The zero-order valence-electron chi connectivity index (χ0n) is 33.8. The summed E-state index contributed by atoms with van der Waals surface area (Å²) in [6.45, 7) is 0. The number of sulfonamides is 1. The lowest BCUT2D eigenvalue weighted by Gasteiger charge is -2.14. The Morgan fingerprint density at radius 1 is 0.638 bits per heavy atom. The predicted molar refractivity (Wildman–Crippen MR) is 238 cm³/mol. The third-order valence-corrected chi connectivity index (χ3v) is 12.4. The van der Waals surface area contributed by atoms with Gasteiger partial charge in [0.05, 0.1) is 65.6 Å². The van der Waals surface area contributed by atoms with Gasteiger partial charge in [-0.25, -0.2) is 36.8 Å². The van der Waals surface area contributed by atoms with Crippen LogP contribution in [0.25, 0.3) is 22.1 Å². The Bertz CT molecular complexity index is 3650. The lowest BCUT2D eigenvalue weighted by Crippen LogP contribution is -2.18. The monoisotopic (exact) mass is 1050 g/mol. The molecule has 0 atom stereocenters. The van der Waals surface area contributed by atoms with Crippen LogP contribution in [0.1, 0.15) is 54.4 Å². The van der Waals surface area contributed by atoms with Crippen LogP contribution >= 0.6 is 33.9 Å². The van der Waals surface area contributed by atoms with Crippen LogP contribution in [0.2, 0.25) is 10.0 Å². The van der Waals surface area contributed by atoms with Crippen LogP contribution in [0.4, 0.5) is 37.7 Å². The maximum absolute atomic E-state index is 13.3. The smallest absolute Gasteiger partial charge is 0.397 e. The van der Waals surface area contributed by atoms with Gasteiger partial charge in [-0.2, -0.15) is 36.9 Å². The van der Waals surface area contributed by atoms with Gasteiger partial charge in [0.2, 0.25) is 11.6 Å². The molecule has 0 saturated carbocycles. The van der Waals surface area contributed by atoms with Crippen molar-refractivity contribution in [2.24, 2.45) is 0 Å². The fourth-order valence-electron chi connectivity index (χ4n) is 6.15. The number of aromatic nitrogens is 6. The molecule has 8 aromatic rings. The molecule has 6 heterocycles. The van der Waals surface area contributed by atoms with Crippen LogP contribution in [0.5, 0.6) is 0 Å². The predicted octanol–water partition coefficient (Wildman–Crippen LogP) is 9.46. The van der Waals surface area contributed by atoms with Crippen molar-refractivity contribution in [1.29, 1.82) is 10.5 Å². The fourth-order valence-corrected chi connectivity index (χ4v) is 8.33. The van der Waals surface area contributed by atoms with E-state index in [4.69, 9.17) is 50.1 Å². The quantitative estimate of drug-likeness (QED) is 0.0628. The van der Waals surface area contributed by atoms with Crippen molar-refractivity contribution in [2.75, 3.05) is 10.5 Å². The average molecular weight is 1050 g/mol. The number of carbonyl (C=O) groups is 2. The van der Waals surface area contributed by atoms with Crippen molar-refractivity contribution in [1.82, 2.24) is 29.9 Å². The number of nitrogens with zero attached hydrogens (tertiary/aromatic N) is 6. The SMILES string of the molecule is N#Cc1ccc(S(=O)(=O)Cl)cc1C(F)(F)F.N#Cc1ccc(S(=O)(=O)Nc2cc(Cl)cnc2C(=O)c2ccnc3[nH]ccc23)cc1C(F)(F)F.Nc1cc(Cl)cnc1C(=O)c1ccnc2[nH]ccc12. The molecule has 0 bridgehead atoms. The van der Waals surface area contributed by atoms with E-state index < -0.39 is 69.3 Å². The normalized spacial score (nSPS) is 11.6. The summed E-state index contributed by atoms with van der Waals surface area (Å²) in [5.74, 6) is -0.918. The molecule has 0 aliphatic rings. The van der Waals surface area contributed by atoms with Gasteiger partial charge in [-0.15, -0.1) is 0 Å². The number of alkyl halides is 6. The molecule has 352 valence electrons. The molecule has 0 radical (unpaired) electrons. The number of anilines is 2. The number of nitriles is 2. The summed E-state index contributed by atoms with van der Waals surface area (Å²) in [6, 6.07) is 15.7. The fraction of sp³-hybridized carbons (Fsp3) is 0.0476. The zero-order valence-corrected chi connectivity index (χ0v) is 37.7. The molecule has 0 spiro atoms. The van der Waals surface area contributed by atoms with Crippen molar-refractivity contribution < 1.29 is 52.8 Å². The molecule has 8 rings (SSSR count). The molecule has 0 unspecified atom stereocenters. The first-order chi connectivity index (χ1) is 32.3. The van der Waals surface area contributed by atoms with Gasteiger partial charge >= 0.3 is 12.4 Å². The van der Waals surface area contributed by atoms with E-state index in [-0.39, 0.29) is 39.1 Å². The van der Waals surface area contributed by atoms with Gasteiger partial charge in [-0.3, -0.25) is 14.3 Å². The number of rotatable bonds is 8. The number of fused-ring (bicyclic) bond motifs is 2. The first-order valence-corrected chi connectivity index (χ1v) is 23.1. The van der Waals surface area contributed by atoms with Crippen molar-refractivity contribution in [2.45, 2.75) is 22.1 Å². The van der Waals surface area contributed by atoms with E-state index in [1.807, 2.05) is 0 Å². The second-order valence-electron chi connectivity index (χ2n) is 13.7. The van der Waals surface area contributed by atoms with Crippen molar-refractivity contribution in [3.8, 4) is 12.1 Å². The van der Waals surface area contributed by atoms with Gasteiger partial charge in [0.15, 0.2) is 0 Å². The maximum Gasteiger partial charge on any atom is 0.417 e. The standard InChI is InChI=1S/C21H11ClF3N5O3S.C13H9ClN4O.C8H3ClF3NO2S/c22-12-7-17(18(29-10-12)19(31)14-3-5-27-20-15(14)4-6-28-20)30-34(32,33)13-2-1-11(9-26)16(8-13)21(23,24)25;14-7-5-10(15)11(18-6-7)12(19)8-1-3-16-13-9(8)2-4-17-13;9-16(14,15)6-2-1-5(4-13)7(3-6)8(10,11)12/h1-8,10,30H,(H,27,28);1-6H,15H2,(H,16,17);1-3H. The van der Waals surface area contributed by atoms with E-state index in [1.165, 1.54) is 36.7 Å². The number of hydrogen-bond donors (Lipinski definition) is 4. The van der Waals surface area contributed by atoms with Gasteiger partial charge in [0.25, 0.3) is 19.1 Å². The molecule has 0 aliphatic carbocycles. The van der Waals surface area contributed by atoms with Crippen molar-refractivity contribution >= 4 is 98.0 Å². The number of pyridine rings is 4. The Hall–Kier alpha value is -7.61. The Balaban J connectivity index is 0.000000188. The molecule has 2 aromatic carbocycles. The van der Waals surface area contributed by atoms with E-state index in [9.17, 15) is 52.8 Å². The van der Waals surface area contributed by atoms with Gasteiger partial charge < -0.3 is 15.7 Å². The number of ketones is 2. The first-order valence-electron chi connectivity index (χ1n) is 18.5. The number of nitrogen functional groups attached to an aromatic ring is 1. The minimum Gasteiger partial charge on any atom is -0.397 e. The van der Waals surface area contributed by atoms with E-state index in [0.29, 0.717) is 39.4 Å². The Kier molecular flexibility index (Phi) is 14.7. The largest absolute Gasteiger partial charge is 0.417 e. The number of H-pyrrole nitrogens is 2. The average Bonchev–Trinajstić information content (AvgIpc) is 3.98. The summed E-state index contributed by atoms with van der Waals surface area (Å²) in [7, 11) is -3.99. The molecule has 0 fully saturated rings. The van der Waals surface area contributed by atoms with Crippen molar-refractivity contribution in [3.05, 3.63) is 165 Å². The number of carbonyl (C=O) groups excluding carboxylic acids is 2. The summed E-state index contributed by atoms with van der Waals surface area (Å²) >= 11 is 11.7. The highest BCUT2D eigenvalue weighted by atomic mass is 35.7. The van der Waals surface area contributed by atoms with Gasteiger partial charge in [-0.1, -0.05) is 23.2 Å². The Morgan fingerprint density at radius 3 is 1.55 bits per heavy atom. The molecule has 27 heteroatoms. The lowest BCUT2D eigenvalue weighted by atomic mass is 10.0. The van der Waals surface area contributed by atoms with Crippen LogP contribution in [-0.4, -0.2) is 58.3 Å². The molecule has 16 nitrogen and oxygen atoms in total. The molecular weight excluding hydrogens is 1030 g/mol. The third-order valence-electron chi connectivity index (χ3n) is 9.25. The number of nitrogens with two attached hydrogens (primary N) is 1. The molecule has 0 aliphatic heterocycles. The lowest BCUT2D eigenvalue weighted by molar-refractivity contribution is -0.138. The van der Waals surface area contributed by atoms with Crippen LogP contribution in [0, 0.1) is 22.7 Å². The number of aromatic amines is 2. The Morgan fingerprint density at radius 2 is 1.09 bits per heavy atom. The molecule has 0 saturated heterocycles. The second kappa shape index (κ2) is 19.9. The topological polar surface area (TPSA) is 271 Å². The molecular formula is C42H23Cl3F6N10O6S2. The van der Waals surface area contributed by atoms with Crippen LogP contribution in [-0.2, 0) is 31.4 Å². The highest BCUT2D eigenvalue weighted by molar-refractivity contribution is 8.13. The van der Waals surface area contributed by atoms with E-state index in [0.717, 1.165) is 41.9 Å². The van der Waals surface area contributed by atoms with Crippen LogP contribution < -0.4 is 10.5 Å². The van der Waals surface area contributed by atoms with E-state index in [1.54, 1.807) is 36.8 Å². The van der Waals surface area contributed by atoms with Gasteiger partial charge in [0.1, 0.15) is 22.7 Å². The summed E-state index contributed by atoms with van der Waals surface area (Å²) in [5, 5.41) is 18.9. The van der Waals surface area contributed by atoms with Gasteiger partial charge in [-0.05, 0) is 72.8 Å². The molecule has 6 aromatic heterocycles. The highest BCUT2D eigenvalue weighted by Crippen LogP contribution is 2.36. The molecule has 69 heavy (non-hydrogen) atoms. The highest BCUT2D eigenvalue weighted by Gasteiger charge is 2.36. The second-order valence-corrected chi connectivity index (χ2v) is 18.8. The minimum absolute atomic E-state index is 0.0217. The number of hydrogen-bond acceptors (Lipinski definition) is 13. The first kappa shape index (κ1) is 50.8. The molecule has 0 amide bonds. The van der Waals surface area contributed by atoms with Crippen LogP contribution in [0.3, 0.4) is 0 Å². The maximum atomic E-state index is 13.3. The minimum atomic E-state index is -4.96. The third kappa shape index (κ3) is 11.6. The van der Waals surface area contributed by atoms with Gasteiger partial charge in [0, 0.05) is 69.8 Å². The Labute approximate surface area is 398 Å². The van der Waals surface area contributed by atoms with Crippen molar-refractivity contribution in [3.63, 3.8) is 0 Å².